The summed E-state index contributed by atoms with van der Waals surface area (Å²) in [5, 5.41) is 5.45. The number of hydrogen-bond acceptors (Lipinski definition) is 3. The summed E-state index contributed by atoms with van der Waals surface area (Å²) in [6.07, 6.45) is 3.26. The Labute approximate surface area is 164 Å². The van der Waals surface area contributed by atoms with Crippen LogP contribution in [-0.4, -0.2) is 29.3 Å². The number of carbonyl (C=O) groups is 3. The van der Waals surface area contributed by atoms with Crippen molar-refractivity contribution in [3.05, 3.63) is 65.7 Å². The molecular formula is C22H25N3O3. The monoisotopic (exact) mass is 379 g/mol. The van der Waals surface area contributed by atoms with Crippen molar-refractivity contribution in [3.63, 3.8) is 0 Å². The van der Waals surface area contributed by atoms with Crippen LogP contribution in [0.4, 0.5) is 10.5 Å². The smallest absolute Gasteiger partial charge is 0.325 e. The second-order valence-electron chi connectivity index (χ2n) is 7.16. The number of nitrogens with zero attached hydrogens (tertiary/aromatic N) is 1. The third-order valence-corrected chi connectivity index (χ3v) is 4.98. The first kappa shape index (κ1) is 19.6. The molecule has 0 spiro atoms. The van der Waals surface area contributed by atoms with Crippen LogP contribution in [0.3, 0.4) is 0 Å². The number of carbonyl (C=O) groups excluding carboxylic acids is 3. The normalized spacial score (nSPS) is 18.9. The first-order chi connectivity index (χ1) is 13.4. The standard InChI is InChI=1S/C22H25N3O3/c1-3-4-8-16-11-13-18(14-12-16)23-19(26)15-25-20(27)22(2,24-21(25)28)17-9-6-5-7-10-17/h5-7,9-14H,3-4,8,15H2,1-2H3,(H,23,26)(H,24,28). The molecule has 3 rings (SSSR count). The summed E-state index contributed by atoms with van der Waals surface area (Å²) in [4.78, 5) is 38.5. The van der Waals surface area contributed by atoms with Crippen LogP contribution in [0.25, 0.3) is 0 Å². The van der Waals surface area contributed by atoms with Gasteiger partial charge in [0.2, 0.25) is 5.91 Å². The Balaban J connectivity index is 1.64. The number of benzene rings is 2. The molecule has 0 saturated carbocycles. The third kappa shape index (κ3) is 4.06. The lowest BCUT2D eigenvalue weighted by Gasteiger charge is -2.22. The summed E-state index contributed by atoms with van der Waals surface area (Å²) in [6, 6.07) is 16.1. The molecule has 0 aliphatic carbocycles. The van der Waals surface area contributed by atoms with Crippen molar-refractivity contribution in [1.82, 2.24) is 10.2 Å². The highest BCUT2D eigenvalue weighted by molar-refractivity contribution is 6.10. The van der Waals surface area contributed by atoms with Crippen molar-refractivity contribution < 1.29 is 14.4 Å². The van der Waals surface area contributed by atoms with E-state index < -0.39 is 23.4 Å². The molecule has 4 amide bonds. The predicted molar refractivity (Wildman–Crippen MR) is 108 cm³/mol. The highest BCUT2D eigenvalue weighted by Crippen LogP contribution is 2.28. The fraction of sp³-hybridized carbons (Fsp3) is 0.318. The van der Waals surface area contributed by atoms with E-state index in [-0.39, 0.29) is 6.54 Å². The molecule has 2 aromatic carbocycles. The largest absolute Gasteiger partial charge is 0.325 e. The Morgan fingerprint density at radius 3 is 2.39 bits per heavy atom. The van der Waals surface area contributed by atoms with Gasteiger partial charge in [-0.1, -0.05) is 55.8 Å². The van der Waals surface area contributed by atoms with Crippen molar-refractivity contribution in [3.8, 4) is 0 Å². The number of rotatable bonds is 7. The van der Waals surface area contributed by atoms with Crippen LogP contribution in [0.15, 0.2) is 54.6 Å². The van der Waals surface area contributed by atoms with E-state index in [0.717, 1.165) is 24.2 Å². The molecule has 1 atom stereocenters. The van der Waals surface area contributed by atoms with Gasteiger partial charge in [0.05, 0.1) is 0 Å². The fourth-order valence-corrected chi connectivity index (χ4v) is 3.29. The van der Waals surface area contributed by atoms with Crippen LogP contribution in [0, 0.1) is 0 Å². The summed E-state index contributed by atoms with van der Waals surface area (Å²) >= 11 is 0. The average Bonchev–Trinajstić information content (AvgIpc) is 2.92. The number of aryl methyl sites for hydroxylation is 1. The molecule has 1 aliphatic heterocycles. The number of unbranched alkanes of at least 4 members (excludes halogenated alkanes) is 1. The lowest BCUT2D eigenvalue weighted by molar-refractivity contribution is -0.133. The molecule has 0 aromatic heterocycles. The number of imide groups is 1. The molecule has 1 unspecified atom stereocenters. The molecule has 0 bridgehead atoms. The second kappa shape index (κ2) is 8.25. The van der Waals surface area contributed by atoms with Gasteiger partial charge in [-0.2, -0.15) is 0 Å². The highest BCUT2D eigenvalue weighted by atomic mass is 16.2. The minimum atomic E-state index is -1.17. The van der Waals surface area contributed by atoms with Crippen LogP contribution in [-0.2, 0) is 21.5 Å². The van der Waals surface area contributed by atoms with Crippen LogP contribution < -0.4 is 10.6 Å². The number of hydrogen-bond donors (Lipinski definition) is 2. The Hall–Kier alpha value is -3.15. The molecular weight excluding hydrogens is 354 g/mol. The molecule has 1 fully saturated rings. The zero-order chi connectivity index (χ0) is 20.1. The van der Waals surface area contributed by atoms with E-state index in [1.165, 1.54) is 5.56 Å². The van der Waals surface area contributed by atoms with E-state index in [4.69, 9.17) is 0 Å². The summed E-state index contributed by atoms with van der Waals surface area (Å²) in [5.74, 6) is -0.851. The maximum Gasteiger partial charge on any atom is 0.325 e. The minimum absolute atomic E-state index is 0.329. The maximum absolute atomic E-state index is 12.8. The van der Waals surface area contributed by atoms with E-state index in [1.807, 2.05) is 30.3 Å². The van der Waals surface area contributed by atoms with Gasteiger partial charge in [-0.3, -0.25) is 14.5 Å². The molecule has 146 valence electrons. The Morgan fingerprint density at radius 2 is 1.75 bits per heavy atom. The lowest BCUT2D eigenvalue weighted by atomic mass is 9.92. The predicted octanol–water partition coefficient (Wildman–Crippen LogP) is 3.43. The first-order valence-electron chi connectivity index (χ1n) is 9.52. The quantitative estimate of drug-likeness (QED) is 0.724. The fourth-order valence-electron chi connectivity index (χ4n) is 3.29. The van der Waals surface area contributed by atoms with Crippen LogP contribution >= 0.6 is 0 Å². The van der Waals surface area contributed by atoms with Crippen molar-refractivity contribution in [2.75, 3.05) is 11.9 Å². The number of urea groups is 1. The van der Waals surface area contributed by atoms with Crippen molar-refractivity contribution in [2.24, 2.45) is 0 Å². The van der Waals surface area contributed by atoms with Gasteiger partial charge in [0.15, 0.2) is 0 Å². The first-order valence-corrected chi connectivity index (χ1v) is 9.52. The van der Waals surface area contributed by atoms with Gasteiger partial charge < -0.3 is 10.6 Å². The molecule has 2 N–H and O–H groups in total. The van der Waals surface area contributed by atoms with E-state index in [0.29, 0.717) is 11.3 Å². The summed E-state index contributed by atoms with van der Waals surface area (Å²) < 4.78 is 0. The summed E-state index contributed by atoms with van der Waals surface area (Å²) in [7, 11) is 0. The molecule has 1 heterocycles. The zero-order valence-electron chi connectivity index (χ0n) is 16.2. The summed E-state index contributed by atoms with van der Waals surface area (Å²) in [5.41, 5.74) is 1.37. The van der Waals surface area contributed by atoms with Gasteiger partial charge in [-0.15, -0.1) is 0 Å². The summed E-state index contributed by atoms with van der Waals surface area (Å²) in [6.45, 7) is 3.47. The van der Waals surface area contributed by atoms with Crippen molar-refractivity contribution in [1.29, 1.82) is 0 Å². The highest BCUT2D eigenvalue weighted by Gasteiger charge is 2.49. The molecule has 28 heavy (non-hydrogen) atoms. The molecule has 1 aliphatic rings. The Kier molecular flexibility index (Phi) is 5.78. The van der Waals surface area contributed by atoms with E-state index >= 15 is 0 Å². The lowest BCUT2D eigenvalue weighted by Crippen LogP contribution is -2.42. The van der Waals surface area contributed by atoms with Gasteiger partial charge in [-0.25, -0.2) is 4.79 Å². The topological polar surface area (TPSA) is 78.5 Å². The second-order valence-corrected chi connectivity index (χ2v) is 7.16. The third-order valence-electron chi connectivity index (χ3n) is 4.98. The Bertz CT molecular complexity index is 864. The molecule has 2 aromatic rings. The van der Waals surface area contributed by atoms with Crippen LogP contribution in [0.5, 0.6) is 0 Å². The van der Waals surface area contributed by atoms with Gasteiger partial charge >= 0.3 is 6.03 Å². The van der Waals surface area contributed by atoms with E-state index in [2.05, 4.69) is 17.6 Å². The minimum Gasteiger partial charge on any atom is -0.325 e. The van der Waals surface area contributed by atoms with Crippen LogP contribution in [0.1, 0.15) is 37.8 Å². The SMILES string of the molecule is CCCCc1ccc(NC(=O)CN2C(=O)NC(C)(c3ccccc3)C2=O)cc1. The number of amides is 4. The molecule has 6 nitrogen and oxygen atoms in total. The van der Waals surface area contributed by atoms with Crippen molar-refractivity contribution >= 4 is 23.5 Å². The number of nitrogens with one attached hydrogen (secondary N) is 2. The zero-order valence-corrected chi connectivity index (χ0v) is 16.2. The van der Waals surface area contributed by atoms with Gasteiger partial charge in [0, 0.05) is 5.69 Å². The Morgan fingerprint density at radius 1 is 1.07 bits per heavy atom. The van der Waals surface area contributed by atoms with Gasteiger partial charge in [0.25, 0.3) is 5.91 Å². The van der Waals surface area contributed by atoms with Gasteiger partial charge in [0.1, 0.15) is 12.1 Å². The molecule has 1 saturated heterocycles. The van der Waals surface area contributed by atoms with E-state index in [9.17, 15) is 14.4 Å². The average molecular weight is 379 g/mol. The maximum atomic E-state index is 12.8. The molecule has 0 radical (unpaired) electrons. The van der Waals surface area contributed by atoms with Gasteiger partial charge in [-0.05, 0) is 43.0 Å². The van der Waals surface area contributed by atoms with E-state index in [1.54, 1.807) is 31.2 Å². The van der Waals surface area contributed by atoms with Crippen molar-refractivity contribution in [2.45, 2.75) is 38.6 Å². The van der Waals surface area contributed by atoms with Crippen LogP contribution in [0.2, 0.25) is 0 Å². The number of anilines is 1. The molecule has 6 heteroatoms.